The Bertz CT molecular complexity index is 524. The number of hydrogen-bond donors (Lipinski definition) is 2. The minimum Gasteiger partial charge on any atom is -0.478 e. The molecule has 1 heterocycles. The van der Waals surface area contributed by atoms with Crippen molar-refractivity contribution in [1.82, 2.24) is 5.32 Å². The molecule has 1 fully saturated rings. The standard InChI is InChI=1S/C17H23NO4/c1-11(2)10-15-14(4-3-9-22-15)18-16(19)12-5-7-13(8-6-12)17(20)21/h5-8,11,14-15H,3-4,9-10H2,1-2H3,(H,18,19)(H,20,21). The first-order chi connectivity index (χ1) is 10.5. The Morgan fingerprint density at radius 1 is 1.27 bits per heavy atom. The molecule has 5 nitrogen and oxygen atoms in total. The lowest BCUT2D eigenvalue weighted by Crippen LogP contribution is -2.47. The van der Waals surface area contributed by atoms with Gasteiger partial charge in [0.2, 0.25) is 0 Å². The van der Waals surface area contributed by atoms with E-state index in [0.29, 0.717) is 11.5 Å². The quantitative estimate of drug-likeness (QED) is 0.877. The average molecular weight is 305 g/mol. The van der Waals surface area contributed by atoms with Gasteiger partial charge in [-0.25, -0.2) is 4.79 Å². The number of rotatable bonds is 5. The molecule has 1 aliphatic heterocycles. The number of nitrogens with one attached hydrogen (secondary N) is 1. The van der Waals surface area contributed by atoms with Crippen LogP contribution in [0.1, 0.15) is 53.8 Å². The van der Waals surface area contributed by atoms with E-state index in [-0.39, 0.29) is 23.6 Å². The number of carbonyl (C=O) groups excluding carboxylic acids is 1. The predicted octanol–water partition coefficient (Wildman–Crippen LogP) is 2.71. The number of benzene rings is 1. The number of ether oxygens (including phenoxy) is 1. The maximum absolute atomic E-state index is 12.3. The van der Waals surface area contributed by atoms with Gasteiger partial charge < -0.3 is 15.2 Å². The number of carboxylic acid groups (broad SMARTS) is 1. The van der Waals surface area contributed by atoms with Crippen LogP contribution in [-0.2, 0) is 4.74 Å². The van der Waals surface area contributed by atoms with Gasteiger partial charge in [-0.1, -0.05) is 13.8 Å². The van der Waals surface area contributed by atoms with Gasteiger partial charge in [-0.2, -0.15) is 0 Å². The molecular formula is C17H23NO4. The summed E-state index contributed by atoms with van der Waals surface area (Å²) in [5.41, 5.74) is 0.647. The molecule has 1 amide bonds. The van der Waals surface area contributed by atoms with E-state index in [9.17, 15) is 9.59 Å². The van der Waals surface area contributed by atoms with Crippen molar-refractivity contribution in [3.8, 4) is 0 Å². The molecule has 0 radical (unpaired) electrons. The second-order valence-electron chi connectivity index (χ2n) is 6.14. The molecule has 1 aliphatic rings. The third kappa shape index (κ3) is 4.31. The van der Waals surface area contributed by atoms with Crippen LogP contribution in [0.25, 0.3) is 0 Å². The molecule has 1 saturated heterocycles. The van der Waals surface area contributed by atoms with E-state index in [1.807, 2.05) is 0 Å². The van der Waals surface area contributed by atoms with Crippen LogP contribution >= 0.6 is 0 Å². The van der Waals surface area contributed by atoms with Crippen molar-refractivity contribution in [2.75, 3.05) is 6.61 Å². The minimum atomic E-state index is -0.996. The summed E-state index contributed by atoms with van der Waals surface area (Å²) in [5, 5.41) is 11.9. The summed E-state index contributed by atoms with van der Waals surface area (Å²) in [5.74, 6) is -0.664. The molecule has 0 saturated carbocycles. The van der Waals surface area contributed by atoms with Gasteiger partial charge in [-0.3, -0.25) is 4.79 Å². The molecule has 2 atom stereocenters. The van der Waals surface area contributed by atoms with Gasteiger partial charge in [0, 0.05) is 12.2 Å². The number of amides is 1. The zero-order valence-electron chi connectivity index (χ0n) is 13.0. The Morgan fingerprint density at radius 2 is 1.91 bits per heavy atom. The zero-order valence-corrected chi connectivity index (χ0v) is 13.0. The van der Waals surface area contributed by atoms with E-state index in [1.165, 1.54) is 12.1 Å². The van der Waals surface area contributed by atoms with Crippen LogP contribution < -0.4 is 5.32 Å². The highest BCUT2D eigenvalue weighted by molar-refractivity contribution is 5.96. The average Bonchev–Trinajstić information content (AvgIpc) is 2.48. The lowest BCUT2D eigenvalue weighted by molar-refractivity contribution is -0.0186. The fraction of sp³-hybridized carbons (Fsp3) is 0.529. The van der Waals surface area contributed by atoms with E-state index in [1.54, 1.807) is 12.1 Å². The molecule has 2 unspecified atom stereocenters. The molecule has 1 aromatic rings. The molecule has 2 rings (SSSR count). The van der Waals surface area contributed by atoms with Gasteiger partial charge in [0.25, 0.3) is 5.91 Å². The number of carbonyl (C=O) groups is 2. The third-order valence-electron chi connectivity index (χ3n) is 3.85. The summed E-state index contributed by atoms with van der Waals surface area (Å²) in [6, 6.07) is 5.99. The third-order valence-corrected chi connectivity index (χ3v) is 3.85. The SMILES string of the molecule is CC(C)CC1OCCCC1NC(=O)c1ccc(C(=O)O)cc1. The second kappa shape index (κ2) is 7.40. The molecule has 0 spiro atoms. The molecule has 22 heavy (non-hydrogen) atoms. The Hall–Kier alpha value is -1.88. The number of hydrogen-bond acceptors (Lipinski definition) is 3. The minimum absolute atomic E-state index is 0.0165. The smallest absolute Gasteiger partial charge is 0.335 e. The Morgan fingerprint density at radius 3 is 2.50 bits per heavy atom. The Kier molecular flexibility index (Phi) is 5.55. The lowest BCUT2D eigenvalue weighted by atomic mass is 9.94. The maximum Gasteiger partial charge on any atom is 0.335 e. The van der Waals surface area contributed by atoms with E-state index >= 15 is 0 Å². The molecular weight excluding hydrogens is 282 g/mol. The number of aromatic carboxylic acids is 1. The fourth-order valence-electron chi connectivity index (χ4n) is 2.72. The van der Waals surface area contributed by atoms with Crippen LogP contribution in [0.3, 0.4) is 0 Å². The fourth-order valence-corrected chi connectivity index (χ4v) is 2.72. The van der Waals surface area contributed by atoms with Crippen molar-refractivity contribution in [1.29, 1.82) is 0 Å². The predicted molar refractivity (Wildman–Crippen MR) is 83.1 cm³/mol. The van der Waals surface area contributed by atoms with Crippen molar-refractivity contribution < 1.29 is 19.4 Å². The van der Waals surface area contributed by atoms with Crippen LogP contribution in [0, 0.1) is 5.92 Å². The van der Waals surface area contributed by atoms with Gasteiger partial charge in [-0.05, 0) is 49.4 Å². The van der Waals surface area contributed by atoms with Crippen molar-refractivity contribution in [3.05, 3.63) is 35.4 Å². The highest BCUT2D eigenvalue weighted by Gasteiger charge is 2.28. The first kappa shape index (κ1) is 16.5. The summed E-state index contributed by atoms with van der Waals surface area (Å²) < 4.78 is 5.80. The molecule has 5 heteroatoms. The van der Waals surface area contributed by atoms with Crippen molar-refractivity contribution in [3.63, 3.8) is 0 Å². The molecule has 0 bridgehead atoms. The van der Waals surface area contributed by atoms with Crippen LogP contribution in [0.15, 0.2) is 24.3 Å². The van der Waals surface area contributed by atoms with Crippen LogP contribution in [0.2, 0.25) is 0 Å². The normalized spacial score (nSPS) is 21.6. The molecule has 0 aromatic heterocycles. The van der Waals surface area contributed by atoms with Gasteiger partial charge in [-0.15, -0.1) is 0 Å². The van der Waals surface area contributed by atoms with Crippen LogP contribution in [0.5, 0.6) is 0 Å². The van der Waals surface area contributed by atoms with E-state index in [0.717, 1.165) is 25.9 Å². The first-order valence-corrected chi connectivity index (χ1v) is 7.73. The Labute approximate surface area is 130 Å². The monoisotopic (exact) mass is 305 g/mol. The van der Waals surface area contributed by atoms with E-state index in [4.69, 9.17) is 9.84 Å². The molecule has 0 aliphatic carbocycles. The lowest BCUT2D eigenvalue weighted by Gasteiger charge is -2.33. The highest BCUT2D eigenvalue weighted by atomic mass is 16.5. The number of carboxylic acids is 1. The van der Waals surface area contributed by atoms with E-state index in [2.05, 4.69) is 19.2 Å². The summed E-state index contributed by atoms with van der Waals surface area (Å²) in [4.78, 5) is 23.1. The van der Waals surface area contributed by atoms with Gasteiger partial charge in [0.15, 0.2) is 0 Å². The Balaban J connectivity index is 2.01. The highest BCUT2D eigenvalue weighted by Crippen LogP contribution is 2.21. The van der Waals surface area contributed by atoms with Crippen LogP contribution in [-0.4, -0.2) is 35.7 Å². The summed E-state index contributed by atoms with van der Waals surface area (Å²) in [7, 11) is 0. The summed E-state index contributed by atoms with van der Waals surface area (Å²) in [6.45, 7) is 5.03. The van der Waals surface area contributed by atoms with Gasteiger partial charge in [0.05, 0.1) is 17.7 Å². The largest absolute Gasteiger partial charge is 0.478 e. The summed E-state index contributed by atoms with van der Waals surface area (Å²) >= 11 is 0. The van der Waals surface area contributed by atoms with Gasteiger partial charge in [0.1, 0.15) is 0 Å². The molecule has 2 N–H and O–H groups in total. The molecule has 120 valence electrons. The van der Waals surface area contributed by atoms with Crippen molar-refractivity contribution in [2.24, 2.45) is 5.92 Å². The van der Waals surface area contributed by atoms with Crippen molar-refractivity contribution >= 4 is 11.9 Å². The van der Waals surface area contributed by atoms with Gasteiger partial charge >= 0.3 is 5.97 Å². The second-order valence-corrected chi connectivity index (χ2v) is 6.14. The maximum atomic E-state index is 12.3. The van der Waals surface area contributed by atoms with Crippen LogP contribution in [0.4, 0.5) is 0 Å². The van der Waals surface area contributed by atoms with E-state index < -0.39 is 5.97 Å². The molecule has 1 aromatic carbocycles. The zero-order chi connectivity index (χ0) is 16.1. The first-order valence-electron chi connectivity index (χ1n) is 7.73. The topological polar surface area (TPSA) is 75.6 Å². The summed E-state index contributed by atoms with van der Waals surface area (Å²) in [6.07, 6.45) is 2.83. The van der Waals surface area contributed by atoms with Crippen molar-refractivity contribution in [2.45, 2.75) is 45.3 Å².